The number of nitrogens with zero attached hydrogens (tertiary/aromatic N) is 2. The first-order chi connectivity index (χ1) is 14.4. The van der Waals surface area contributed by atoms with E-state index in [1.165, 1.54) is 25.5 Å². The standard InChI is InChI=1S/C24H32N2O4/c1-16-5-3-7-24(2)14-21-17(13-19(16)24)18(23(28)30-21)15-25-8-10-26(11-9-25)22(27)20-6-4-12-29-20/h4,6,12-13,16-18,21H,3,5,7-11,14-15H2,1-2H3/t16-,17+,18-,21-,24-/m1/s1. The molecule has 0 bridgehead atoms. The topological polar surface area (TPSA) is 63.0 Å². The molecule has 30 heavy (non-hydrogen) atoms. The zero-order chi connectivity index (χ0) is 20.9. The monoisotopic (exact) mass is 412 g/mol. The number of rotatable bonds is 3. The van der Waals surface area contributed by atoms with Crippen molar-refractivity contribution in [3.63, 3.8) is 0 Å². The summed E-state index contributed by atoms with van der Waals surface area (Å²) in [6, 6.07) is 3.45. The van der Waals surface area contributed by atoms with Crippen LogP contribution in [0.5, 0.6) is 0 Å². The van der Waals surface area contributed by atoms with Crippen LogP contribution < -0.4 is 0 Å². The molecule has 3 fully saturated rings. The Bertz CT molecular complexity index is 839. The zero-order valence-electron chi connectivity index (χ0n) is 18.0. The number of fused-ring (bicyclic) bond motifs is 2. The van der Waals surface area contributed by atoms with Gasteiger partial charge in [-0.3, -0.25) is 14.5 Å². The first kappa shape index (κ1) is 19.9. The van der Waals surface area contributed by atoms with Crippen LogP contribution in [0.2, 0.25) is 0 Å². The van der Waals surface area contributed by atoms with Gasteiger partial charge in [-0.1, -0.05) is 31.9 Å². The molecule has 2 aliphatic carbocycles. The summed E-state index contributed by atoms with van der Waals surface area (Å²) in [5.74, 6) is 1.02. The smallest absolute Gasteiger partial charge is 0.311 e. The number of carbonyl (C=O) groups is 2. The van der Waals surface area contributed by atoms with Crippen LogP contribution in [0, 0.1) is 23.2 Å². The molecule has 162 valence electrons. The zero-order valence-corrected chi connectivity index (χ0v) is 18.0. The van der Waals surface area contributed by atoms with Crippen LogP contribution >= 0.6 is 0 Å². The van der Waals surface area contributed by atoms with Gasteiger partial charge in [0, 0.05) is 38.6 Å². The van der Waals surface area contributed by atoms with Crippen molar-refractivity contribution in [2.75, 3.05) is 32.7 Å². The van der Waals surface area contributed by atoms with Crippen LogP contribution in [-0.4, -0.2) is 60.5 Å². The lowest BCUT2D eigenvalue weighted by Gasteiger charge is -2.46. The maximum absolute atomic E-state index is 12.8. The number of carbonyl (C=O) groups excluding carboxylic acids is 2. The average Bonchev–Trinajstić information content (AvgIpc) is 3.35. The Morgan fingerprint density at radius 1 is 1.27 bits per heavy atom. The number of hydrogen-bond acceptors (Lipinski definition) is 5. The Morgan fingerprint density at radius 2 is 2.07 bits per heavy atom. The SMILES string of the molecule is C[C@@H]1CCC[C@]2(C)C[C@H]3OC(=O)[C@H](CN4CCN(C(=O)c5ccco5)CC4)[C@@H]3C=C12. The first-order valence-electron chi connectivity index (χ1n) is 11.4. The fourth-order valence-electron chi connectivity index (χ4n) is 6.23. The van der Waals surface area contributed by atoms with Gasteiger partial charge >= 0.3 is 5.97 Å². The van der Waals surface area contributed by atoms with E-state index in [4.69, 9.17) is 9.15 Å². The van der Waals surface area contributed by atoms with Gasteiger partial charge in [-0.15, -0.1) is 0 Å². The van der Waals surface area contributed by atoms with Crippen LogP contribution in [0.15, 0.2) is 34.5 Å². The molecule has 5 rings (SSSR count). The van der Waals surface area contributed by atoms with E-state index in [1.807, 2.05) is 4.90 Å². The van der Waals surface area contributed by atoms with E-state index >= 15 is 0 Å². The summed E-state index contributed by atoms with van der Waals surface area (Å²) in [6.07, 6.45) is 8.69. The summed E-state index contributed by atoms with van der Waals surface area (Å²) in [5, 5.41) is 0. The molecule has 2 aliphatic heterocycles. The van der Waals surface area contributed by atoms with E-state index in [1.54, 1.807) is 17.7 Å². The predicted molar refractivity (Wildman–Crippen MR) is 112 cm³/mol. The van der Waals surface area contributed by atoms with Crippen molar-refractivity contribution in [2.45, 2.75) is 45.6 Å². The van der Waals surface area contributed by atoms with Crippen molar-refractivity contribution in [2.24, 2.45) is 23.2 Å². The number of hydrogen-bond donors (Lipinski definition) is 0. The van der Waals surface area contributed by atoms with Gasteiger partial charge in [0.15, 0.2) is 5.76 Å². The second-order valence-electron chi connectivity index (χ2n) is 9.91. The number of amides is 1. The maximum Gasteiger partial charge on any atom is 0.311 e. The summed E-state index contributed by atoms with van der Waals surface area (Å²) in [4.78, 5) is 29.4. The Labute approximate surface area is 178 Å². The molecule has 5 atom stereocenters. The van der Waals surface area contributed by atoms with Crippen molar-refractivity contribution < 1.29 is 18.7 Å². The van der Waals surface area contributed by atoms with E-state index in [0.29, 0.717) is 24.8 Å². The van der Waals surface area contributed by atoms with E-state index in [0.717, 1.165) is 26.1 Å². The largest absolute Gasteiger partial charge is 0.461 e. The van der Waals surface area contributed by atoms with E-state index in [9.17, 15) is 9.59 Å². The molecule has 4 aliphatic rings. The minimum Gasteiger partial charge on any atom is -0.461 e. The molecule has 3 heterocycles. The highest BCUT2D eigenvalue weighted by molar-refractivity contribution is 5.91. The Hall–Kier alpha value is -2.08. The number of ether oxygens (including phenoxy) is 1. The average molecular weight is 413 g/mol. The number of allylic oxidation sites excluding steroid dienone is 1. The molecule has 0 N–H and O–H groups in total. The fraction of sp³-hybridized carbons (Fsp3) is 0.667. The second kappa shape index (κ2) is 7.56. The second-order valence-corrected chi connectivity index (χ2v) is 9.91. The van der Waals surface area contributed by atoms with Crippen molar-refractivity contribution in [1.29, 1.82) is 0 Å². The number of piperazine rings is 1. The quantitative estimate of drug-likeness (QED) is 0.563. The molecule has 1 saturated carbocycles. The molecule has 0 spiro atoms. The van der Waals surface area contributed by atoms with Crippen LogP contribution in [0.3, 0.4) is 0 Å². The van der Waals surface area contributed by atoms with Gasteiger partial charge in [-0.2, -0.15) is 0 Å². The van der Waals surface area contributed by atoms with E-state index in [2.05, 4.69) is 24.8 Å². The fourth-order valence-corrected chi connectivity index (χ4v) is 6.23. The molecule has 0 radical (unpaired) electrons. The van der Waals surface area contributed by atoms with Crippen LogP contribution in [0.4, 0.5) is 0 Å². The van der Waals surface area contributed by atoms with E-state index < -0.39 is 0 Å². The summed E-state index contributed by atoms with van der Waals surface area (Å²) in [6.45, 7) is 8.29. The summed E-state index contributed by atoms with van der Waals surface area (Å²) >= 11 is 0. The predicted octanol–water partition coefficient (Wildman–Crippen LogP) is 3.35. The normalized spacial score (nSPS) is 36.7. The van der Waals surface area contributed by atoms with Gasteiger partial charge in [-0.25, -0.2) is 0 Å². The highest BCUT2D eigenvalue weighted by atomic mass is 16.6. The third-order valence-electron chi connectivity index (χ3n) is 7.93. The molecular weight excluding hydrogens is 380 g/mol. The highest BCUT2D eigenvalue weighted by Crippen LogP contribution is 2.54. The lowest BCUT2D eigenvalue weighted by Crippen LogP contribution is -2.50. The highest BCUT2D eigenvalue weighted by Gasteiger charge is 2.52. The third-order valence-corrected chi connectivity index (χ3v) is 7.93. The molecule has 6 nitrogen and oxygen atoms in total. The molecule has 1 aromatic rings. The van der Waals surface area contributed by atoms with Crippen LogP contribution in [0.1, 0.15) is 50.1 Å². The Balaban J connectivity index is 1.25. The minimum absolute atomic E-state index is 0.0309. The lowest BCUT2D eigenvalue weighted by atomic mass is 9.59. The molecular formula is C24H32N2O4. The summed E-state index contributed by atoms with van der Waals surface area (Å²) in [7, 11) is 0. The third kappa shape index (κ3) is 3.39. The van der Waals surface area contributed by atoms with Crippen LogP contribution in [-0.2, 0) is 9.53 Å². The first-order valence-corrected chi connectivity index (χ1v) is 11.4. The Morgan fingerprint density at radius 3 is 2.80 bits per heavy atom. The summed E-state index contributed by atoms with van der Waals surface area (Å²) in [5.41, 5.74) is 1.76. The summed E-state index contributed by atoms with van der Waals surface area (Å²) < 4.78 is 11.1. The molecule has 6 heteroatoms. The van der Waals surface area contributed by atoms with Gasteiger partial charge in [-0.05, 0) is 42.7 Å². The Kier molecular flexibility index (Phi) is 5.00. The van der Waals surface area contributed by atoms with Crippen molar-refractivity contribution >= 4 is 11.9 Å². The molecule has 1 amide bonds. The van der Waals surface area contributed by atoms with Crippen molar-refractivity contribution in [3.8, 4) is 0 Å². The van der Waals surface area contributed by atoms with Gasteiger partial charge < -0.3 is 14.1 Å². The number of furan rings is 1. The van der Waals surface area contributed by atoms with Gasteiger partial charge in [0.2, 0.25) is 0 Å². The van der Waals surface area contributed by atoms with Gasteiger partial charge in [0.25, 0.3) is 5.91 Å². The number of esters is 1. The molecule has 2 saturated heterocycles. The molecule has 0 aromatic carbocycles. The molecule has 1 aromatic heterocycles. The van der Waals surface area contributed by atoms with E-state index in [-0.39, 0.29) is 35.2 Å². The van der Waals surface area contributed by atoms with Crippen molar-refractivity contribution in [3.05, 3.63) is 35.8 Å². The van der Waals surface area contributed by atoms with Gasteiger partial charge in [0.1, 0.15) is 6.10 Å². The van der Waals surface area contributed by atoms with Crippen LogP contribution in [0.25, 0.3) is 0 Å². The molecule has 0 unspecified atom stereocenters. The van der Waals surface area contributed by atoms with Gasteiger partial charge in [0.05, 0.1) is 12.2 Å². The minimum atomic E-state index is -0.0894. The maximum atomic E-state index is 12.8. The van der Waals surface area contributed by atoms with Crippen molar-refractivity contribution in [1.82, 2.24) is 9.80 Å². The lowest BCUT2D eigenvalue weighted by molar-refractivity contribution is -0.145.